The normalized spacial score (nSPS) is 34.3. The summed E-state index contributed by atoms with van der Waals surface area (Å²) in [5, 5.41) is 3.81. The van der Waals surface area contributed by atoms with E-state index in [0.29, 0.717) is 6.61 Å². The van der Waals surface area contributed by atoms with Crippen LogP contribution in [-0.2, 0) is 18.6 Å². The molecule has 0 N–H and O–H groups in total. The Kier molecular flexibility index (Phi) is 4.65. The van der Waals surface area contributed by atoms with E-state index in [1.807, 2.05) is 13.8 Å². The molecule has 4 atom stereocenters. The smallest absolute Gasteiger partial charge is 0.192 e. The largest absolute Gasteiger partial charge is 0.414 e. The Labute approximate surface area is 133 Å². The van der Waals surface area contributed by atoms with Crippen molar-refractivity contribution in [3.8, 4) is 0 Å². The summed E-state index contributed by atoms with van der Waals surface area (Å²) in [6.45, 7) is 15.1. The van der Waals surface area contributed by atoms with Crippen molar-refractivity contribution in [1.29, 1.82) is 0 Å². The molecule has 2 aliphatic rings. The lowest BCUT2D eigenvalue weighted by Gasteiger charge is -2.37. The molecule has 0 bridgehead atoms. The quantitative estimate of drug-likeness (QED) is 0.341. The Hall–Kier alpha value is -0.633. The van der Waals surface area contributed by atoms with Crippen LogP contribution >= 0.6 is 0 Å². The maximum Gasteiger partial charge on any atom is 0.192 e. The molecule has 0 aromatic rings. The zero-order valence-corrected chi connectivity index (χ0v) is 15.5. The van der Waals surface area contributed by atoms with Gasteiger partial charge in [0.05, 0.1) is 6.61 Å². The molecule has 2 heterocycles. The van der Waals surface area contributed by atoms with Crippen LogP contribution in [0.4, 0.5) is 0 Å². The molecule has 0 spiro atoms. The highest BCUT2D eigenvalue weighted by Gasteiger charge is 2.55. The lowest BCUT2D eigenvalue weighted by atomic mass is 10.1. The third-order valence-electron chi connectivity index (χ3n) is 4.71. The molecule has 0 saturated carbocycles. The predicted octanol–water partition coefficient (Wildman–Crippen LogP) is 3.56. The van der Waals surface area contributed by atoms with Crippen molar-refractivity contribution >= 4 is 8.32 Å². The van der Waals surface area contributed by atoms with Gasteiger partial charge in [-0.1, -0.05) is 25.9 Å². The maximum absolute atomic E-state index is 8.69. The third kappa shape index (κ3) is 3.47. The van der Waals surface area contributed by atoms with E-state index in [9.17, 15) is 0 Å². The molecule has 2 saturated heterocycles. The second kappa shape index (κ2) is 5.78. The highest BCUT2D eigenvalue weighted by molar-refractivity contribution is 6.74. The third-order valence-corrected chi connectivity index (χ3v) is 9.21. The Morgan fingerprint density at radius 2 is 1.82 bits per heavy atom. The van der Waals surface area contributed by atoms with Gasteiger partial charge in [0.15, 0.2) is 20.3 Å². The summed E-state index contributed by atoms with van der Waals surface area (Å²) < 4.78 is 23.7. The van der Waals surface area contributed by atoms with Crippen molar-refractivity contribution in [2.75, 3.05) is 6.61 Å². The Morgan fingerprint density at radius 1 is 1.23 bits per heavy atom. The van der Waals surface area contributed by atoms with Gasteiger partial charge in [-0.3, -0.25) is 0 Å². The van der Waals surface area contributed by atoms with Crippen LogP contribution in [0.15, 0.2) is 5.11 Å². The van der Waals surface area contributed by atoms with Crippen molar-refractivity contribution in [2.45, 2.75) is 83.1 Å². The van der Waals surface area contributed by atoms with E-state index in [-0.39, 0.29) is 23.4 Å². The Morgan fingerprint density at radius 3 is 2.36 bits per heavy atom. The van der Waals surface area contributed by atoms with Gasteiger partial charge in [0, 0.05) is 4.91 Å². The van der Waals surface area contributed by atoms with Crippen molar-refractivity contribution in [2.24, 2.45) is 5.11 Å². The number of hydrogen-bond donors (Lipinski definition) is 0. The van der Waals surface area contributed by atoms with Crippen LogP contribution in [0.25, 0.3) is 10.4 Å². The van der Waals surface area contributed by atoms with Crippen LogP contribution in [0, 0.1) is 0 Å². The first-order valence-electron chi connectivity index (χ1n) is 7.66. The highest BCUT2D eigenvalue weighted by Crippen LogP contribution is 2.41. The van der Waals surface area contributed by atoms with Crippen LogP contribution in [0.5, 0.6) is 0 Å². The SMILES string of the molecule is CC1(C)O[C@@H]2[C@H](O1)[C@@H](CO[Si](C)(C)C(C)(C)C)O[C@H]2N=[N+]=[N-]. The average Bonchev–Trinajstić information content (AvgIpc) is 2.81. The molecule has 0 aliphatic carbocycles. The maximum atomic E-state index is 8.69. The van der Waals surface area contributed by atoms with Crippen molar-refractivity contribution < 1.29 is 18.6 Å². The fraction of sp³-hybridized carbons (Fsp3) is 1.00. The molecular formula is C14H27N3O4Si. The van der Waals surface area contributed by atoms with Gasteiger partial charge in [0.25, 0.3) is 0 Å². The minimum Gasteiger partial charge on any atom is -0.414 e. The minimum atomic E-state index is -1.87. The van der Waals surface area contributed by atoms with Crippen LogP contribution in [0.3, 0.4) is 0 Å². The summed E-state index contributed by atoms with van der Waals surface area (Å²) >= 11 is 0. The zero-order valence-electron chi connectivity index (χ0n) is 14.5. The van der Waals surface area contributed by atoms with E-state index in [1.54, 1.807) is 0 Å². The molecular weight excluding hydrogens is 302 g/mol. The van der Waals surface area contributed by atoms with E-state index >= 15 is 0 Å². The first-order valence-corrected chi connectivity index (χ1v) is 10.6. The van der Waals surface area contributed by atoms with Gasteiger partial charge in [0.2, 0.25) is 0 Å². The van der Waals surface area contributed by atoms with E-state index in [0.717, 1.165) is 0 Å². The molecule has 0 amide bonds. The Bertz CT molecular complexity index is 471. The predicted molar refractivity (Wildman–Crippen MR) is 84.8 cm³/mol. The number of ether oxygens (including phenoxy) is 3. The lowest BCUT2D eigenvalue weighted by Crippen LogP contribution is -2.44. The minimum absolute atomic E-state index is 0.127. The number of fused-ring (bicyclic) bond motifs is 1. The standard InChI is InChI=1S/C14H27N3O4Si/c1-13(2,3)22(6,7)18-8-9-10-11(12(19-9)16-17-15)21-14(4,5)20-10/h9-12H,8H2,1-7H3/t9-,10-,11-,12-/m1/s1. The van der Waals surface area contributed by atoms with Gasteiger partial charge in [-0.25, -0.2) is 0 Å². The molecule has 0 unspecified atom stereocenters. The number of rotatable bonds is 4. The van der Waals surface area contributed by atoms with Crippen LogP contribution < -0.4 is 0 Å². The first-order chi connectivity index (χ1) is 9.97. The molecule has 22 heavy (non-hydrogen) atoms. The zero-order chi connectivity index (χ0) is 16.8. The summed E-state index contributed by atoms with van der Waals surface area (Å²) in [4.78, 5) is 2.84. The molecule has 2 aliphatic heterocycles. The van der Waals surface area contributed by atoms with Crippen LogP contribution in [0.2, 0.25) is 18.1 Å². The topological polar surface area (TPSA) is 85.7 Å². The number of nitrogens with zero attached hydrogens (tertiary/aromatic N) is 3. The fourth-order valence-corrected chi connectivity index (χ4v) is 3.46. The van der Waals surface area contributed by atoms with E-state index < -0.39 is 20.3 Å². The number of azide groups is 1. The van der Waals surface area contributed by atoms with Crippen molar-refractivity contribution in [1.82, 2.24) is 0 Å². The van der Waals surface area contributed by atoms with Crippen molar-refractivity contribution in [3.63, 3.8) is 0 Å². The van der Waals surface area contributed by atoms with Gasteiger partial charge >= 0.3 is 0 Å². The van der Waals surface area contributed by atoms with E-state index in [4.69, 9.17) is 24.2 Å². The molecule has 2 rings (SSSR count). The molecule has 126 valence electrons. The molecule has 0 radical (unpaired) electrons. The van der Waals surface area contributed by atoms with Crippen LogP contribution in [0.1, 0.15) is 34.6 Å². The second-order valence-electron chi connectivity index (χ2n) is 7.91. The van der Waals surface area contributed by atoms with E-state index in [1.165, 1.54) is 0 Å². The summed E-state index contributed by atoms with van der Waals surface area (Å²) in [6.07, 6.45) is -1.59. The number of hydrogen-bond acceptors (Lipinski definition) is 5. The van der Waals surface area contributed by atoms with Gasteiger partial charge < -0.3 is 18.6 Å². The van der Waals surface area contributed by atoms with Gasteiger partial charge in [-0.15, -0.1) is 0 Å². The highest BCUT2D eigenvalue weighted by atomic mass is 28.4. The molecule has 0 aromatic carbocycles. The van der Waals surface area contributed by atoms with Crippen molar-refractivity contribution in [3.05, 3.63) is 10.4 Å². The first kappa shape index (κ1) is 17.7. The van der Waals surface area contributed by atoms with E-state index in [2.05, 4.69) is 43.9 Å². The monoisotopic (exact) mass is 329 g/mol. The summed E-state index contributed by atoms with van der Waals surface area (Å²) in [5.74, 6) is -0.697. The summed E-state index contributed by atoms with van der Waals surface area (Å²) in [6, 6.07) is 0. The fourth-order valence-electron chi connectivity index (χ4n) is 2.44. The van der Waals surface area contributed by atoms with Gasteiger partial charge in [-0.2, -0.15) is 0 Å². The summed E-state index contributed by atoms with van der Waals surface area (Å²) in [5.41, 5.74) is 8.69. The second-order valence-corrected chi connectivity index (χ2v) is 12.7. The van der Waals surface area contributed by atoms with Gasteiger partial charge in [-0.05, 0) is 37.5 Å². The lowest BCUT2D eigenvalue weighted by molar-refractivity contribution is -0.188. The molecule has 8 heteroatoms. The average molecular weight is 329 g/mol. The molecule has 7 nitrogen and oxygen atoms in total. The Balaban J connectivity index is 2.07. The van der Waals surface area contributed by atoms with Gasteiger partial charge in [0.1, 0.15) is 18.3 Å². The van der Waals surface area contributed by atoms with Crippen LogP contribution in [-0.4, -0.2) is 45.3 Å². The molecule has 0 aromatic heterocycles. The molecule has 2 fully saturated rings. The summed E-state index contributed by atoms with van der Waals surface area (Å²) in [7, 11) is -1.87.